The third-order valence-corrected chi connectivity index (χ3v) is 4.82. The van der Waals surface area contributed by atoms with E-state index in [0.717, 1.165) is 0 Å². The van der Waals surface area contributed by atoms with Crippen molar-refractivity contribution in [2.45, 2.75) is 33.3 Å². The minimum Gasteiger partial charge on any atom is -0.474 e. The number of nitrogens with zero attached hydrogens (tertiary/aromatic N) is 4. The Morgan fingerprint density at radius 3 is 2.73 bits per heavy atom. The summed E-state index contributed by atoms with van der Waals surface area (Å²) in [6, 6.07) is 2.94. The first-order valence-corrected chi connectivity index (χ1v) is 9.77. The Morgan fingerprint density at radius 2 is 2.00 bits per heavy atom. The maximum atomic E-state index is 14.9. The third kappa shape index (κ3) is 3.75. The molecule has 0 unspecified atom stereocenters. The molecule has 9 heteroatoms. The van der Waals surface area contributed by atoms with E-state index in [4.69, 9.17) is 21.1 Å². The van der Waals surface area contributed by atoms with E-state index in [1.54, 1.807) is 33.8 Å². The zero-order chi connectivity index (χ0) is 21.6. The second kappa shape index (κ2) is 7.36. The highest BCUT2D eigenvalue weighted by atomic mass is 35.5. The molecule has 156 valence electrons. The fourth-order valence-electron chi connectivity index (χ4n) is 3.34. The lowest BCUT2D eigenvalue weighted by Crippen LogP contribution is -2.42. The Bertz CT molecular complexity index is 1160. The van der Waals surface area contributed by atoms with Gasteiger partial charge in [-0.05, 0) is 57.0 Å². The van der Waals surface area contributed by atoms with Crippen molar-refractivity contribution in [3.8, 4) is 17.0 Å². The van der Waals surface area contributed by atoms with Crippen LogP contribution in [-0.2, 0) is 4.74 Å². The largest absolute Gasteiger partial charge is 0.474 e. The van der Waals surface area contributed by atoms with Crippen LogP contribution in [0.3, 0.4) is 0 Å². The van der Waals surface area contributed by atoms with Crippen molar-refractivity contribution >= 4 is 34.3 Å². The molecular weight excluding hydrogens is 411 g/mol. The summed E-state index contributed by atoms with van der Waals surface area (Å²) in [7, 11) is 0. The summed E-state index contributed by atoms with van der Waals surface area (Å²) < 4.78 is 26.1. The second-order valence-corrected chi connectivity index (χ2v) is 8.30. The molecule has 3 aromatic rings. The molecule has 1 amide bonds. The molecule has 1 aromatic carbocycles. The quantitative estimate of drug-likeness (QED) is 0.509. The average Bonchev–Trinajstić information content (AvgIpc) is 2.66. The van der Waals surface area contributed by atoms with Gasteiger partial charge in [-0.1, -0.05) is 0 Å². The van der Waals surface area contributed by atoms with E-state index >= 15 is 0 Å². The van der Waals surface area contributed by atoms with Crippen LogP contribution in [0.1, 0.15) is 26.3 Å². The molecule has 0 aliphatic carbocycles. The van der Waals surface area contributed by atoms with E-state index in [0.29, 0.717) is 45.7 Å². The van der Waals surface area contributed by atoms with Crippen molar-refractivity contribution < 1.29 is 18.7 Å². The molecule has 30 heavy (non-hydrogen) atoms. The second-order valence-electron chi connectivity index (χ2n) is 7.96. The third-order valence-electron chi connectivity index (χ3n) is 4.64. The molecular formula is C21H20ClFN4O3. The van der Waals surface area contributed by atoms with Crippen LogP contribution >= 0.6 is 11.6 Å². The highest BCUT2D eigenvalue weighted by Crippen LogP contribution is 2.40. The topological polar surface area (TPSA) is 77.4 Å². The van der Waals surface area contributed by atoms with E-state index < -0.39 is 17.5 Å². The van der Waals surface area contributed by atoms with Gasteiger partial charge in [-0.15, -0.1) is 0 Å². The van der Waals surface area contributed by atoms with Gasteiger partial charge in [0, 0.05) is 28.9 Å². The van der Waals surface area contributed by atoms with Gasteiger partial charge in [0.05, 0.1) is 12.1 Å². The number of rotatable bonds is 1. The maximum absolute atomic E-state index is 14.9. The minimum atomic E-state index is -0.655. The number of pyridine rings is 1. The summed E-state index contributed by atoms with van der Waals surface area (Å²) in [6.45, 7) is 7.77. The summed E-state index contributed by atoms with van der Waals surface area (Å²) in [5.74, 6) is -0.154. The van der Waals surface area contributed by atoms with E-state index in [-0.39, 0.29) is 11.9 Å². The van der Waals surface area contributed by atoms with Gasteiger partial charge in [0.15, 0.2) is 0 Å². The van der Waals surface area contributed by atoms with Crippen LogP contribution in [0.4, 0.5) is 14.9 Å². The predicted octanol–water partition coefficient (Wildman–Crippen LogP) is 4.93. The summed E-state index contributed by atoms with van der Waals surface area (Å²) in [5, 5.41) is 0.604. The van der Waals surface area contributed by atoms with Gasteiger partial charge in [0.2, 0.25) is 11.2 Å². The number of aromatic nitrogens is 3. The van der Waals surface area contributed by atoms with Gasteiger partial charge in [-0.25, -0.2) is 24.1 Å². The first-order valence-electron chi connectivity index (χ1n) is 9.39. The number of fused-ring (bicyclic) bond motifs is 2. The standard InChI is InChI=1S/C21H20ClFN4O3/c1-11-14(13-8-16-12(7-15(13)23)9-25-19(22)26-16)10-24-18-17(11)27(5-6-29-18)20(28)30-21(2,3)4/h7-10H,5-6H2,1-4H3. The van der Waals surface area contributed by atoms with Crippen molar-refractivity contribution in [2.24, 2.45) is 0 Å². The van der Waals surface area contributed by atoms with Crippen LogP contribution in [0.15, 0.2) is 24.5 Å². The molecule has 0 N–H and O–H groups in total. The SMILES string of the molecule is Cc1c(-c2cc3nc(Cl)ncc3cc2F)cnc2c1N(C(=O)OC(C)(C)C)CCO2. The van der Waals surface area contributed by atoms with Crippen molar-refractivity contribution in [3.05, 3.63) is 41.2 Å². The number of halogens is 2. The van der Waals surface area contributed by atoms with E-state index in [9.17, 15) is 9.18 Å². The van der Waals surface area contributed by atoms with Crippen LogP contribution < -0.4 is 9.64 Å². The molecule has 0 saturated heterocycles. The predicted molar refractivity (Wildman–Crippen MR) is 112 cm³/mol. The molecule has 0 saturated carbocycles. The summed E-state index contributed by atoms with van der Waals surface area (Å²) in [4.78, 5) is 26.6. The summed E-state index contributed by atoms with van der Waals surface area (Å²) in [6.07, 6.45) is 2.49. The van der Waals surface area contributed by atoms with E-state index in [1.165, 1.54) is 23.4 Å². The summed E-state index contributed by atoms with van der Waals surface area (Å²) >= 11 is 5.89. The molecule has 3 heterocycles. The van der Waals surface area contributed by atoms with Gasteiger partial charge in [0.1, 0.15) is 23.7 Å². The van der Waals surface area contributed by atoms with Gasteiger partial charge in [-0.3, -0.25) is 4.90 Å². The number of anilines is 1. The molecule has 4 rings (SSSR count). The van der Waals surface area contributed by atoms with Crippen LogP contribution in [0, 0.1) is 12.7 Å². The van der Waals surface area contributed by atoms with Gasteiger partial charge < -0.3 is 9.47 Å². The molecule has 0 atom stereocenters. The molecule has 1 aliphatic heterocycles. The lowest BCUT2D eigenvalue weighted by molar-refractivity contribution is 0.0566. The number of carbonyl (C=O) groups excluding carboxylic acids is 1. The lowest BCUT2D eigenvalue weighted by atomic mass is 9.99. The zero-order valence-corrected chi connectivity index (χ0v) is 17.7. The first kappa shape index (κ1) is 20.3. The normalized spacial score (nSPS) is 13.7. The highest BCUT2D eigenvalue weighted by Gasteiger charge is 2.31. The lowest BCUT2D eigenvalue weighted by Gasteiger charge is -2.32. The van der Waals surface area contributed by atoms with Crippen molar-refractivity contribution in [1.82, 2.24) is 15.0 Å². The molecule has 0 bridgehead atoms. The average molecular weight is 431 g/mol. The van der Waals surface area contributed by atoms with Crippen LogP contribution in [0.5, 0.6) is 5.88 Å². The Hall–Kier alpha value is -3.00. The number of ether oxygens (including phenoxy) is 2. The van der Waals surface area contributed by atoms with Crippen LogP contribution in [-0.4, -0.2) is 39.8 Å². The Labute approximate surface area is 177 Å². The molecule has 0 spiro atoms. The van der Waals surface area contributed by atoms with Crippen molar-refractivity contribution in [3.63, 3.8) is 0 Å². The van der Waals surface area contributed by atoms with E-state index in [1.807, 2.05) is 0 Å². The number of hydrogen-bond donors (Lipinski definition) is 0. The number of hydrogen-bond acceptors (Lipinski definition) is 6. The molecule has 0 radical (unpaired) electrons. The molecule has 0 fully saturated rings. The van der Waals surface area contributed by atoms with Crippen LogP contribution in [0.2, 0.25) is 5.28 Å². The zero-order valence-electron chi connectivity index (χ0n) is 17.0. The van der Waals surface area contributed by atoms with Gasteiger partial charge in [0.25, 0.3) is 0 Å². The highest BCUT2D eigenvalue weighted by molar-refractivity contribution is 6.28. The van der Waals surface area contributed by atoms with Crippen molar-refractivity contribution in [1.29, 1.82) is 0 Å². The molecule has 1 aliphatic rings. The summed E-state index contributed by atoms with van der Waals surface area (Å²) in [5.41, 5.74) is 1.76. The maximum Gasteiger partial charge on any atom is 0.415 e. The van der Waals surface area contributed by atoms with Crippen molar-refractivity contribution in [2.75, 3.05) is 18.1 Å². The Balaban J connectivity index is 1.84. The molecule has 2 aromatic heterocycles. The number of amides is 1. The monoisotopic (exact) mass is 430 g/mol. The first-order chi connectivity index (χ1) is 14.1. The smallest absolute Gasteiger partial charge is 0.415 e. The Kier molecular flexibility index (Phi) is 4.97. The molecule has 7 nitrogen and oxygen atoms in total. The minimum absolute atomic E-state index is 0.0739. The fourth-order valence-corrected chi connectivity index (χ4v) is 3.48. The number of benzene rings is 1. The van der Waals surface area contributed by atoms with Crippen LogP contribution in [0.25, 0.3) is 22.0 Å². The van der Waals surface area contributed by atoms with Gasteiger partial charge in [-0.2, -0.15) is 0 Å². The van der Waals surface area contributed by atoms with E-state index in [2.05, 4.69) is 15.0 Å². The van der Waals surface area contributed by atoms with Gasteiger partial charge >= 0.3 is 6.09 Å². The Morgan fingerprint density at radius 1 is 1.23 bits per heavy atom. The fraction of sp³-hybridized carbons (Fsp3) is 0.333. The number of carbonyl (C=O) groups is 1.